The lowest BCUT2D eigenvalue weighted by Crippen LogP contribution is -2.46. The normalized spacial score (nSPS) is 13.1. The third kappa shape index (κ3) is 9.06. The third-order valence-corrected chi connectivity index (χ3v) is 8.39. The molecule has 8 heteroatoms. The number of ether oxygens (including phenoxy) is 3. The van der Waals surface area contributed by atoms with E-state index in [2.05, 4.69) is 29.3 Å². The van der Waals surface area contributed by atoms with Gasteiger partial charge in [0.05, 0.1) is 20.0 Å². The van der Waals surface area contributed by atoms with Gasteiger partial charge in [-0.15, -0.1) is 0 Å². The van der Waals surface area contributed by atoms with Crippen LogP contribution < -0.4 is 5.32 Å². The molecule has 0 aromatic heterocycles. The molecule has 1 aliphatic rings. The van der Waals surface area contributed by atoms with Gasteiger partial charge >= 0.3 is 17.9 Å². The van der Waals surface area contributed by atoms with E-state index in [0.29, 0.717) is 11.1 Å². The van der Waals surface area contributed by atoms with Gasteiger partial charge < -0.3 is 19.5 Å². The van der Waals surface area contributed by atoms with Crippen LogP contribution in [0.15, 0.2) is 97.1 Å². The van der Waals surface area contributed by atoms with Crippen LogP contribution in [0.25, 0.3) is 11.1 Å². The average molecular weight is 672 g/mol. The van der Waals surface area contributed by atoms with E-state index >= 15 is 0 Å². The van der Waals surface area contributed by atoms with E-state index < -0.39 is 35.4 Å². The first kappa shape index (κ1) is 35.6. The van der Waals surface area contributed by atoms with Gasteiger partial charge in [-0.2, -0.15) is 0 Å². The van der Waals surface area contributed by atoms with E-state index in [0.717, 1.165) is 33.4 Å². The summed E-state index contributed by atoms with van der Waals surface area (Å²) in [6.07, 6.45) is 0.0894. The van der Waals surface area contributed by atoms with Gasteiger partial charge in [0.25, 0.3) is 5.91 Å². The highest BCUT2D eigenvalue weighted by molar-refractivity contribution is 5.97. The quantitative estimate of drug-likeness (QED) is 0.115. The van der Waals surface area contributed by atoms with E-state index in [1.54, 1.807) is 31.2 Å². The van der Waals surface area contributed by atoms with Crippen molar-refractivity contribution in [3.8, 4) is 23.0 Å². The van der Waals surface area contributed by atoms with Crippen LogP contribution >= 0.6 is 0 Å². The van der Waals surface area contributed by atoms with Crippen LogP contribution in [0.4, 0.5) is 0 Å². The molecule has 50 heavy (non-hydrogen) atoms. The highest BCUT2D eigenvalue weighted by Crippen LogP contribution is 2.44. The zero-order valence-corrected chi connectivity index (χ0v) is 28.9. The zero-order valence-electron chi connectivity index (χ0n) is 28.9. The molecular formula is C42H41NO7. The van der Waals surface area contributed by atoms with Crippen molar-refractivity contribution in [1.29, 1.82) is 0 Å². The number of benzene rings is 4. The number of hydrogen-bond acceptors (Lipinski definition) is 7. The smallest absolute Gasteiger partial charge is 0.328 e. The number of hydrogen-bond donors (Lipinski definition) is 1. The van der Waals surface area contributed by atoms with Gasteiger partial charge in [-0.1, -0.05) is 79.4 Å². The Bertz CT molecular complexity index is 1880. The van der Waals surface area contributed by atoms with Crippen molar-refractivity contribution in [1.82, 2.24) is 5.32 Å². The number of methoxy groups -OCH3 is 1. The van der Waals surface area contributed by atoms with Crippen LogP contribution in [0.5, 0.6) is 0 Å². The molecule has 4 aromatic carbocycles. The number of nitrogens with one attached hydrogen (secondary N) is 1. The highest BCUT2D eigenvalue weighted by Gasteiger charge is 2.32. The van der Waals surface area contributed by atoms with Crippen molar-refractivity contribution >= 4 is 23.8 Å². The number of rotatable bonds is 10. The lowest BCUT2D eigenvalue weighted by Gasteiger charge is -2.23. The first-order chi connectivity index (χ1) is 23.9. The highest BCUT2D eigenvalue weighted by atomic mass is 16.6. The first-order valence-corrected chi connectivity index (χ1v) is 16.6. The van der Waals surface area contributed by atoms with E-state index in [1.807, 2.05) is 81.4 Å². The minimum absolute atomic E-state index is 0.0817. The Morgan fingerprint density at radius 3 is 1.84 bits per heavy atom. The number of carbonyl (C=O) groups is 4. The van der Waals surface area contributed by atoms with Gasteiger partial charge in [-0.25, -0.2) is 4.79 Å². The summed E-state index contributed by atoms with van der Waals surface area (Å²) in [6, 6.07) is 29.1. The molecule has 0 spiro atoms. The summed E-state index contributed by atoms with van der Waals surface area (Å²) in [4.78, 5) is 51.0. The van der Waals surface area contributed by atoms with E-state index in [4.69, 9.17) is 14.2 Å². The summed E-state index contributed by atoms with van der Waals surface area (Å²) in [7, 11) is 1.24. The van der Waals surface area contributed by atoms with E-state index in [-0.39, 0.29) is 31.3 Å². The van der Waals surface area contributed by atoms with E-state index in [9.17, 15) is 19.2 Å². The maximum atomic E-state index is 13.2. The molecule has 1 amide bonds. The Kier molecular flexibility index (Phi) is 11.2. The Balaban J connectivity index is 1.15. The fourth-order valence-corrected chi connectivity index (χ4v) is 5.94. The van der Waals surface area contributed by atoms with Crippen LogP contribution in [-0.2, 0) is 35.0 Å². The molecule has 8 nitrogen and oxygen atoms in total. The third-order valence-electron chi connectivity index (χ3n) is 8.39. The van der Waals surface area contributed by atoms with Crippen LogP contribution in [0.3, 0.4) is 0 Å². The fourth-order valence-electron chi connectivity index (χ4n) is 5.94. The van der Waals surface area contributed by atoms with Crippen molar-refractivity contribution < 1.29 is 33.4 Å². The molecule has 0 saturated carbocycles. The van der Waals surface area contributed by atoms with Gasteiger partial charge in [-0.05, 0) is 90.9 Å². The minimum atomic E-state index is -1.06. The number of carbonyl (C=O) groups excluding carboxylic acids is 4. The molecule has 0 bridgehead atoms. The summed E-state index contributed by atoms with van der Waals surface area (Å²) in [5, 5.41) is 2.73. The molecule has 0 saturated heterocycles. The molecule has 0 radical (unpaired) electrons. The predicted molar refractivity (Wildman–Crippen MR) is 190 cm³/mol. The van der Waals surface area contributed by atoms with Gasteiger partial charge in [-0.3, -0.25) is 14.4 Å². The minimum Gasteiger partial charge on any atom is -0.467 e. The number of esters is 3. The molecule has 256 valence electrons. The maximum absolute atomic E-state index is 13.2. The van der Waals surface area contributed by atoms with Crippen LogP contribution in [0.1, 0.15) is 78.2 Å². The van der Waals surface area contributed by atoms with Crippen LogP contribution in [-0.4, -0.2) is 49.2 Å². The van der Waals surface area contributed by atoms with Crippen molar-refractivity contribution in [2.24, 2.45) is 5.92 Å². The van der Waals surface area contributed by atoms with Crippen molar-refractivity contribution in [2.45, 2.75) is 58.1 Å². The second kappa shape index (κ2) is 15.7. The Hall–Kier alpha value is -5.68. The molecule has 0 heterocycles. The summed E-state index contributed by atoms with van der Waals surface area (Å²) in [5.41, 5.74) is 6.56. The summed E-state index contributed by atoms with van der Waals surface area (Å²) in [5.74, 6) is 3.58. The number of fused-ring (bicyclic) bond motifs is 3. The van der Waals surface area contributed by atoms with Gasteiger partial charge in [0.2, 0.25) is 0 Å². The van der Waals surface area contributed by atoms with Crippen LogP contribution in [0.2, 0.25) is 0 Å². The Morgan fingerprint density at radius 2 is 1.30 bits per heavy atom. The lowest BCUT2D eigenvalue weighted by atomic mass is 9.97. The SMILES string of the molecule is COC(=O)[C@@H](NC(=O)c1ccc(C#Cc2ccc(CC(=O)OC(C)(C)C)cc2)cc1)[C@@H](C)CC(=O)OCC1c2ccccc2-c2ccccc21. The van der Waals surface area contributed by atoms with E-state index in [1.165, 1.54) is 7.11 Å². The van der Waals surface area contributed by atoms with Crippen LogP contribution in [0, 0.1) is 17.8 Å². The predicted octanol–water partition coefficient (Wildman–Crippen LogP) is 6.62. The second-order valence-electron chi connectivity index (χ2n) is 13.4. The molecule has 2 atom stereocenters. The standard InChI is InChI=1S/C42H41NO7/c1-27(24-37(44)49-26-36-34-12-8-6-10-32(34)33-11-7-9-13-35(33)36)39(41(47)48-5)43-40(46)31-22-20-29(21-23-31)15-14-28-16-18-30(19-17-28)25-38(45)50-42(2,3)4/h6-13,16-23,27,36,39H,24-26H2,1-5H3,(H,43,46)/t27-,39-/m0/s1. The number of amides is 1. The van der Waals surface area contributed by atoms with Gasteiger partial charge in [0.15, 0.2) is 0 Å². The van der Waals surface area contributed by atoms with Gasteiger partial charge in [0, 0.05) is 22.6 Å². The maximum Gasteiger partial charge on any atom is 0.328 e. The molecule has 0 fully saturated rings. The molecule has 0 aliphatic heterocycles. The molecular weight excluding hydrogens is 630 g/mol. The largest absolute Gasteiger partial charge is 0.467 e. The topological polar surface area (TPSA) is 108 Å². The Labute approximate surface area is 293 Å². The monoisotopic (exact) mass is 671 g/mol. The summed E-state index contributed by atoms with van der Waals surface area (Å²) in [6.45, 7) is 7.37. The fraction of sp³-hybridized carbons (Fsp3) is 0.286. The molecule has 1 N–H and O–H groups in total. The first-order valence-electron chi connectivity index (χ1n) is 16.6. The molecule has 0 unspecified atom stereocenters. The van der Waals surface area contributed by atoms with Crippen molar-refractivity contribution in [3.63, 3.8) is 0 Å². The lowest BCUT2D eigenvalue weighted by molar-refractivity contribution is -0.154. The average Bonchev–Trinajstić information content (AvgIpc) is 3.41. The van der Waals surface area contributed by atoms with Gasteiger partial charge in [0.1, 0.15) is 18.2 Å². The zero-order chi connectivity index (χ0) is 35.8. The van der Waals surface area contributed by atoms with Crippen molar-refractivity contribution in [3.05, 3.63) is 130 Å². The molecule has 4 aromatic rings. The Morgan fingerprint density at radius 1 is 0.760 bits per heavy atom. The molecule has 5 rings (SSSR count). The second-order valence-corrected chi connectivity index (χ2v) is 13.4. The van der Waals surface area contributed by atoms with Crippen molar-refractivity contribution in [2.75, 3.05) is 13.7 Å². The molecule has 1 aliphatic carbocycles. The summed E-state index contributed by atoms with van der Waals surface area (Å²) >= 11 is 0. The summed E-state index contributed by atoms with van der Waals surface area (Å²) < 4.78 is 16.1.